The Morgan fingerprint density at radius 1 is 1.40 bits per heavy atom. The van der Waals surface area contributed by atoms with Gasteiger partial charge in [-0.3, -0.25) is 4.98 Å². The van der Waals surface area contributed by atoms with E-state index in [9.17, 15) is 0 Å². The van der Waals surface area contributed by atoms with Crippen LogP contribution >= 0.6 is 11.3 Å². The van der Waals surface area contributed by atoms with Gasteiger partial charge in [-0.15, -0.1) is 11.3 Å². The Labute approximate surface area is 93.2 Å². The van der Waals surface area contributed by atoms with Crippen LogP contribution in [0.5, 0.6) is 0 Å². The van der Waals surface area contributed by atoms with Gasteiger partial charge in [0.05, 0.1) is 11.2 Å². The number of pyridine rings is 1. The van der Waals surface area contributed by atoms with Gasteiger partial charge in [-0.05, 0) is 24.1 Å². The zero-order chi connectivity index (χ0) is 10.5. The third kappa shape index (κ3) is 2.84. The van der Waals surface area contributed by atoms with Gasteiger partial charge in [-0.1, -0.05) is 0 Å². The number of nitrogens with one attached hydrogen (secondary N) is 1. The molecule has 0 atom stereocenters. The standard InChI is InChI=1S/C11H13N3S/c1-9-4-12-3-2-10(9)5-13-6-11-7-15-8-14-11/h2-4,7-8,13H,5-6H2,1H3. The molecule has 3 nitrogen and oxygen atoms in total. The number of nitrogens with zero attached hydrogens (tertiary/aromatic N) is 2. The van der Waals surface area contributed by atoms with E-state index in [4.69, 9.17) is 0 Å². The van der Waals surface area contributed by atoms with E-state index < -0.39 is 0 Å². The molecule has 2 aromatic heterocycles. The Balaban J connectivity index is 1.86. The van der Waals surface area contributed by atoms with E-state index in [1.54, 1.807) is 11.3 Å². The first-order chi connectivity index (χ1) is 7.36. The fraction of sp³-hybridized carbons (Fsp3) is 0.273. The molecule has 0 fully saturated rings. The number of hydrogen-bond donors (Lipinski definition) is 1. The molecular weight excluding hydrogens is 206 g/mol. The largest absolute Gasteiger partial charge is 0.307 e. The molecule has 2 heterocycles. The predicted octanol–water partition coefficient (Wildman–Crippen LogP) is 2.14. The maximum atomic E-state index is 4.21. The average molecular weight is 219 g/mol. The minimum absolute atomic E-state index is 0.825. The molecule has 2 rings (SSSR count). The van der Waals surface area contributed by atoms with Gasteiger partial charge in [0.1, 0.15) is 0 Å². The summed E-state index contributed by atoms with van der Waals surface area (Å²) in [6, 6.07) is 2.05. The van der Waals surface area contributed by atoms with Gasteiger partial charge in [-0.25, -0.2) is 4.98 Å². The average Bonchev–Trinajstić information content (AvgIpc) is 2.74. The normalized spacial score (nSPS) is 10.5. The number of thiazole rings is 1. The van der Waals surface area contributed by atoms with Crippen molar-refractivity contribution < 1.29 is 0 Å². The van der Waals surface area contributed by atoms with Crippen LogP contribution in [0.25, 0.3) is 0 Å². The molecule has 78 valence electrons. The Hall–Kier alpha value is -1.26. The van der Waals surface area contributed by atoms with Crippen molar-refractivity contribution in [3.63, 3.8) is 0 Å². The minimum atomic E-state index is 0.825. The SMILES string of the molecule is Cc1cnccc1CNCc1cscn1. The van der Waals surface area contributed by atoms with E-state index >= 15 is 0 Å². The molecule has 0 aromatic carbocycles. The molecule has 0 saturated carbocycles. The molecule has 0 saturated heterocycles. The lowest BCUT2D eigenvalue weighted by atomic mass is 10.1. The fourth-order valence-electron chi connectivity index (χ4n) is 1.35. The van der Waals surface area contributed by atoms with Crippen molar-refractivity contribution in [1.29, 1.82) is 0 Å². The van der Waals surface area contributed by atoms with Crippen LogP contribution in [0.15, 0.2) is 29.4 Å². The summed E-state index contributed by atoms with van der Waals surface area (Å²) in [6.07, 6.45) is 3.71. The van der Waals surface area contributed by atoms with E-state index in [-0.39, 0.29) is 0 Å². The fourth-order valence-corrected chi connectivity index (χ4v) is 1.91. The maximum Gasteiger partial charge on any atom is 0.0795 e. The van der Waals surface area contributed by atoms with Gasteiger partial charge in [0.25, 0.3) is 0 Å². The molecule has 0 unspecified atom stereocenters. The number of aryl methyl sites for hydroxylation is 1. The summed E-state index contributed by atoms with van der Waals surface area (Å²) >= 11 is 1.63. The van der Waals surface area contributed by atoms with E-state index in [0.717, 1.165) is 18.8 Å². The first-order valence-corrected chi connectivity index (χ1v) is 5.78. The zero-order valence-electron chi connectivity index (χ0n) is 8.60. The smallest absolute Gasteiger partial charge is 0.0795 e. The first kappa shape index (κ1) is 10.3. The summed E-state index contributed by atoms with van der Waals surface area (Å²) in [7, 11) is 0. The van der Waals surface area contributed by atoms with E-state index in [1.165, 1.54) is 11.1 Å². The lowest BCUT2D eigenvalue weighted by Crippen LogP contribution is -2.13. The molecule has 0 aliphatic carbocycles. The number of aromatic nitrogens is 2. The monoisotopic (exact) mass is 219 g/mol. The van der Waals surface area contributed by atoms with Crippen molar-refractivity contribution in [2.75, 3.05) is 0 Å². The molecule has 2 aromatic rings. The highest BCUT2D eigenvalue weighted by atomic mass is 32.1. The molecule has 0 aliphatic rings. The Morgan fingerprint density at radius 3 is 3.07 bits per heavy atom. The highest BCUT2D eigenvalue weighted by molar-refractivity contribution is 7.07. The molecule has 0 spiro atoms. The summed E-state index contributed by atoms with van der Waals surface area (Å²) in [4.78, 5) is 8.28. The van der Waals surface area contributed by atoms with Crippen molar-refractivity contribution >= 4 is 11.3 Å². The van der Waals surface area contributed by atoms with Crippen LogP contribution in [0.4, 0.5) is 0 Å². The van der Waals surface area contributed by atoms with Gasteiger partial charge < -0.3 is 5.32 Å². The van der Waals surface area contributed by atoms with Crippen LogP contribution in [0, 0.1) is 6.92 Å². The highest BCUT2D eigenvalue weighted by Gasteiger charge is 1.98. The Bertz CT molecular complexity index is 412. The topological polar surface area (TPSA) is 37.8 Å². The molecule has 1 N–H and O–H groups in total. The third-order valence-electron chi connectivity index (χ3n) is 2.24. The summed E-state index contributed by atoms with van der Waals surface area (Å²) in [6.45, 7) is 3.77. The van der Waals surface area contributed by atoms with Gasteiger partial charge >= 0.3 is 0 Å². The second-order valence-electron chi connectivity index (χ2n) is 3.39. The molecule has 0 radical (unpaired) electrons. The second kappa shape index (κ2) is 5.00. The van der Waals surface area contributed by atoms with Gasteiger partial charge in [-0.2, -0.15) is 0 Å². The molecule has 4 heteroatoms. The molecule has 0 amide bonds. The number of rotatable bonds is 4. The second-order valence-corrected chi connectivity index (χ2v) is 4.10. The van der Waals surface area contributed by atoms with Crippen LogP contribution in [0.3, 0.4) is 0 Å². The quantitative estimate of drug-likeness (QED) is 0.856. The Kier molecular flexibility index (Phi) is 3.42. The first-order valence-electron chi connectivity index (χ1n) is 4.83. The predicted molar refractivity (Wildman–Crippen MR) is 61.6 cm³/mol. The van der Waals surface area contributed by atoms with E-state index in [2.05, 4.69) is 27.6 Å². The molecule has 0 bridgehead atoms. The summed E-state index contributed by atoms with van der Waals surface area (Å²) in [5.41, 5.74) is 5.48. The molecule has 15 heavy (non-hydrogen) atoms. The van der Waals surface area contributed by atoms with Crippen LogP contribution in [0.2, 0.25) is 0 Å². The van der Waals surface area contributed by atoms with Crippen molar-refractivity contribution in [1.82, 2.24) is 15.3 Å². The van der Waals surface area contributed by atoms with E-state index in [0.29, 0.717) is 0 Å². The number of hydrogen-bond acceptors (Lipinski definition) is 4. The van der Waals surface area contributed by atoms with Crippen molar-refractivity contribution in [2.45, 2.75) is 20.0 Å². The molecule has 0 aliphatic heterocycles. The summed E-state index contributed by atoms with van der Waals surface area (Å²) in [5.74, 6) is 0. The van der Waals surface area contributed by atoms with Crippen LogP contribution < -0.4 is 5.32 Å². The minimum Gasteiger partial charge on any atom is -0.307 e. The lowest BCUT2D eigenvalue weighted by molar-refractivity contribution is 0.679. The third-order valence-corrected chi connectivity index (χ3v) is 2.88. The van der Waals surface area contributed by atoms with E-state index in [1.807, 2.05) is 24.0 Å². The van der Waals surface area contributed by atoms with Gasteiger partial charge in [0, 0.05) is 30.9 Å². The van der Waals surface area contributed by atoms with Crippen molar-refractivity contribution in [3.05, 3.63) is 46.2 Å². The van der Waals surface area contributed by atoms with Crippen molar-refractivity contribution in [3.8, 4) is 0 Å². The summed E-state index contributed by atoms with van der Waals surface area (Å²) in [5, 5.41) is 5.42. The zero-order valence-corrected chi connectivity index (χ0v) is 9.42. The van der Waals surface area contributed by atoms with Crippen LogP contribution in [-0.2, 0) is 13.1 Å². The molecular formula is C11H13N3S. The van der Waals surface area contributed by atoms with Crippen LogP contribution in [-0.4, -0.2) is 9.97 Å². The lowest BCUT2D eigenvalue weighted by Gasteiger charge is -2.05. The Morgan fingerprint density at radius 2 is 2.33 bits per heavy atom. The van der Waals surface area contributed by atoms with Gasteiger partial charge in [0.15, 0.2) is 0 Å². The van der Waals surface area contributed by atoms with Crippen molar-refractivity contribution in [2.24, 2.45) is 0 Å². The maximum absolute atomic E-state index is 4.21. The summed E-state index contributed by atoms with van der Waals surface area (Å²) < 4.78 is 0. The van der Waals surface area contributed by atoms with Gasteiger partial charge in [0.2, 0.25) is 0 Å². The highest BCUT2D eigenvalue weighted by Crippen LogP contribution is 2.05. The van der Waals surface area contributed by atoms with Crippen LogP contribution in [0.1, 0.15) is 16.8 Å².